The normalized spacial score (nSPS) is 22.2. The monoisotopic (exact) mass is 259 g/mol. The molecular weight excluding hydrogens is 241 g/mol. The van der Waals surface area contributed by atoms with Gasteiger partial charge in [0.25, 0.3) is 0 Å². The highest BCUT2D eigenvalue weighted by Crippen LogP contribution is 2.32. The van der Waals surface area contributed by atoms with E-state index in [2.05, 4.69) is 12.2 Å². The summed E-state index contributed by atoms with van der Waals surface area (Å²) in [5, 5.41) is 13.4. The Kier molecular flexibility index (Phi) is 4.53. The summed E-state index contributed by atoms with van der Waals surface area (Å²) in [7, 11) is 0. The maximum atomic E-state index is 12.9. The summed E-state index contributed by atoms with van der Waals surface area (Å²) in [6, 6.07) is 6.04. The van der Waals surface area contributed by atoms with Crippen LogP contribution in [0, 0.1) is 0 Å². The van der Waals surface area contributed by atoms with E-state index in [1.807, 2.05) is 18.2 Å². The van der Waals surface area contributed by atoms with Gasteiger partial charge in [-0.2, -0.15) is 0 Å². The largest absolute Gasteiger partial charge is 0.383 e. The van der Waals surface area contributed by atoms with Gasteiger partial charge in [0.1, 0.15) is 12.3 Å². The molecule has 1 unspecified atom stereocenters. The third-order valence-corrected chi connectivity index (χ3v) is 3.34. The highest BCUT2D eigenvalue weighted by Gasteiger charge is 2.29. The molecule has 17 heavy (non-hydrogen) atoms. The van der Waals surface area contributed by atoms with Crippen LogP contribution in [-0.2, 0) is 12.0 Å². The Morgan fingerprint density at radius 2 is 2.24 bits per heavy atom. The minimum atomic E-state index is -1.36. The molecule has 1 aliphatic heterocycles. The maximum Gasteiger partial charge on any atom is 0.122 e. The molecule has 2 nitrogen and oxygen atoms in total. The molecule has 2 atom stereocenters. The van der Waals surface area contributed by atoms with Crippen LogP contribution in [0.2, 0.25) is 0 Å². The van der Waals surface area contributed by atoms with Gasteiger partial charge in [0, 0.05) is 6.04 Å². The topological polar surface area (TPSA) is 32.3 Å². The molecule has 0 saturated heterocycles. The first-order chi connectivity index (χ1) is 7.56. The van der Waals surface area contributed by atoms with Crippen molar-refractivity contribution >= 4 is 12.4 Å². The molecule has 2 rings (SSSR count). The van der Waals surface area contributed by atoms with Crippen LogP contribution in [0.1, 0.15) is 36.6 Å². The van der Waals surface area contributed by atoms with Gasteiger partial charge < -0.3 is 10.4 Å². The van der Waals surface area contributed by atoms with E-state index in [-0.39, 0.29) is 18.4 Å². The molecular formula is C13H19ClFNO. The predicted molar refractivity (Wildman–Crippen MR) is 69.4 cm³/mol. The molecule has 0 spiro atoms. The standard InChI is InChI=1S/C13H18FNO.ClH/c1-9-10-4-3-5-12(13(2,16)8-14)11(10)6-7-15-9;/h3-5,9,15-16H,6-8H2,1-2H3;1H/t9-,13?;/m0./s1. The third kappa shape index (κ3) is 2.62. The second-order valence-electron chi connectivity index (χ2n) is 4.71. The van der Waals surface area contributed by atoms with Crippen molar-refractivity contribution < 1.29 is 9.50 Å². The first kappa shape index (κ1) is 14.4. The molecule has 0 saturated carbocycles. The second kappa shape index (κ2) is 5.34. The van der Waals surface area contributed by atoms with E-state index in [9.17, 15) is 9.50 Å². The van der Waals surface area contributed by atoms with Gasteiger partial charge in [-0.3, -0.25) is 0 Å². The van der Waals surface area contributed by atoms with Gasteiger partial charge in [0.2, 0.25) is 0 Å². The molecule has 2 N–H and O–H groups in total. The lowest BCUT2D eigenvalue weighted by Gasteiger charge is -2.30. The number of hydrogen-bond acceptors (Lipinski definition) is 2. The highest BCUT2D eigenvalue weighted by molar-refractivity contribution is 5.85. The Morgan fingerprint density at radius 3 is 2.88 bits per heavy atom. The highest BCUT2D eigenvalue weighted by atomic mass is 35.5. The molecule has 0 aliphatic carbocycles. The van der Waals surface area contributed by atoms with E-state index in [1.165, 1.54) is 12.5 Å². The van der Waals surface area contributed by atoms with Gasteiger partial charge in [0.15, 0.2) is 0 Å². The minimum absolute atomic E-state index is 0. The van der Waals surface area contributed by atoms with Crippen LogP contribution in [0.25, 0.3) is 0 Å². The molecule has 96 valence electrons. The molecule has 1 aromatic carbocycles. The van der Waals surface area contributed by atoms with Crippen molar-refractivity contribution in [3.63, 3.8) is 0 Å². The van der Waals surface area contributed by atoms with Crippen molar-refractivity contribution in [3.05, 3.63) is 34.9 Å². The average molecular weight is 260 g/mol. The van der Waals surface area contributed by atoms with Crippen molar-refractivity contribution in [1.29, 1.82) is 0 Å². The van der Waals surface area contributed by atoms with E-state index in [1.54, 1.807) is 0 Å². The number of halogens is 2. The smallest absolute Gasteiger partial charge is 0.122 e. The summed E-state index contributed by atoms with van der Waals surface area (Å²) in [6.45, 7) is 3.76. The molecule has 0 radical (unpaired) electrons. The van der Waals surface area contributed by atoms with Crippen LogP contribution in [0.4, 0.5) is 4.39 Å². The zero-order valence-corrected chi connectivity index (χ0v) is 11.0. The summed E-state index contributed by atoms with van der Waals surface area (Å²) in [4.78, 5) is 0. The van der Waals surface area contributed by atoms with Crippen LogP contribution >= 0.6 is 12.4 Å². The maximum absolute atomic E-state index is 12.9. The number of rotatable bonds is 2. The van der Waals surface area contributed by atoms with E-state index in [4.69, 9.17) is 0 Å². The summed E-state index contributed by atoms with van der Waals surface area (Å²) < 4.78 is 12.9. The third-order valence-electron chi connectivity index (χ3n) is 3.34. The minimum Gasteiger partial charge on any atom is -0.383 e. The fourth-order valence-electron chi connectivity index (χ4n) is 2.39. The summed E-state index contributed by atoms with van der Waals surface area (Å²) >= 11 is 0. The van der Waals surface area contributed by atoms with Crippen LogP contribution in [0.15, 0.2) is 18.2 Å². The van der Waals surface area contributed by atoms with Crippen LogP contribution in [-0.4, -0.2) is 18.3 Å². The fraction of sp³-hybridized carbons (Fsp3) is 0.538. The molecule has 1 heterocycles. The Bertz CT molecular complexity index is 395. The molecule has 1 aliphatic rings. The Labute approximate surface area is 108 Å². The predicted octanol–water partition coefficient (Wildman–Crippen LogP) is 2.49. The number of aliphatic hydroxyl groups is 1. The fourth-order valence-corrected chi connectivity index (χ4v) is 2.39. The molecule has 0 aromatic heterocycles. The molecule has 0 fully saturated rings. The summed E-state index contributed by atoms with van der Waals surface area (Å²) in [5.41, 5.74) is 1.66. The lowest BCUT2D eigenvalue weighted by Crippen LogP contribution is -2.32. The number of fused-ring (bicyclic) bond motifs is 1. The van der Waals surface area contributed by atoms with Crippen LogP contribution in [0.3, 0.4) is 0 Å². The van der Waals surface area contributed by atoms with Gasteiger partial charge in [0.05, 0.1) is 0 Å². The van der Waals surface area contributed by atoms with Crippen LogP contribution < -0.4 is 5.32 Å². The zero-order valence-electron chi connectivity index (χ0n) is 10.2. The summed E-state index contributed by atoms with van der Waals surface area (Å²) in [6.07, 6.45) is 0.853. The van der Waals surface area contributed by atoms with Crippen molar-refractivity contribution in [3.8, 4) is 0 Å². The van der Waals surface area contributed by atoms with E-state index < -0.39 is 12.3 Å². The molecule has 0 amide bonds. The Hall–Kier alpha value is -0.640. The lowest BCUT2D eigenvalue weighted by molar-refractivity contribution is 0.0289. The van der Waals surface area contributed by atoms with E-state index >= 15 is 0 Å². The number of nitrogens with one attached hydrogen (secondary N) is 1. The Morgan fingerprint density at radius 1 is 1.53 bits per heavy atom. The quantitative estimate of drug-likeness (QED) is 0.855. The number of benzene rings is 1. The SMILES string of the molecule is C[C@@H]1NCCc2c1cccc2C(C)(O)CF.Cl. The van der Waals surface area contributed by atoms with Crippen molar-refractivity contribution in [2.75, 3.05) is 13.2 Å². The first-order valence-electron chi connectivity index (χ1n) is 5.70. The van der Waals surface area contributed by atoms with E-state index in [0.29, 0.717) is 0 Å². The van der Waals surface area contributed by atoms with Gasteiger partial charge in [-0.05, 0) is 43.5 Å². The van der Waals surface area contributed by atoms with Crippen LogP contribution in [0.5, 0.6) is 0 Å². The zero-order chi connectivity index (χ0) is 11.8. The second-order valence-corrected chi connectivity index (χ2v) is 4.71. The van der Waals surface area contributed by atoms with Gasteiger partial charge in [-0.25, -0.2) is 4.39 Å². The van der Waals surface area contributed by atoms with Gasteiger partial charge in [-0.15, -0.1) is 12.4 Å². The number of hydrogen-bond donors (Lipinski definition) is 2. The van der Waals surface area contributed by atoms with E-state index in [0.717, 1.165) is 24.1 Å². The van der Waals surface area contributed by atoms with Gasteiger partial charge >= 0.3 is 0 Å². The van der Waals surface area contributed by atoms with Crippen molar-refractivity contribution in [1.82, 2.24) is 5.32 Å². The molecule has 0 bridgehead atoms. The summed E-state index contributed by atoms with van der Waals surface area (Å²) in [5.74, 6) is 0. The van der Waals surface area contributed by atoms with Gasteiger partial charge in [-0.1, -0.05) is 18.2 Å². The molecule has 1 aromatic rings. The number of alkyl halides is 1. The average Bonchev–Trinajstić information content (AvgIpc) is 2.29. The first-order valence-corrected chi connectivity index (χ1v) is 5.70. The van der Waals surface area contributed by atoms with Crippen molar-refractivity contribution in [2.24, 2.45) is 0 Å². The van der Waals surface area contributed by atoms with Crippen molar-refractivity contribution in [2.45, 2.75) is 31.9 Å². The lowest BCUT2D eigenvalue weighted by atomic mass is 9.84. The Balaban J connectivity index is 0.00000144. The molecule has 4 heteroatoms.